The number of nitrogens with one attached hydrogen (secondary N) is 1. The van der Waals surface area contributed by atoms with Gasteiger partial charge in [-0.25, -0.2) is 4.98 Å². The molecule has 0 amide bonds. The lowest BCUT2D eigenvalue weighted by Gasteiger charge is -2.05. The zero-order valence-electron chi connectivity index (χ0n) is 9.76. The molecule has 0 bridgehead atoms. The molecule has 3 heterocycles. The summed E-state index contributed by atoms with van der Waals surface area (Å²) in [6.07, 6.45) is 4.46. The topological polar surface area (TPSA) is 121 Å². The first-order valence-electron chi connectivity index (χ1n) is 5.44. The van der Waals surface area contributed by atoms with Crippen LogP contribution in [0.2, 0.25) is 0 Å². The lowest BCUT2D eigenvalue weighted by atomic mass is 10.4. The first kappa shape index (κ1) is 11.1. The normalized spacial score (nSPS) is 10.5. The summed E-state index contributed by atoms with van der Waals surface area (Å²) in [5, 5.41) is 6.92. The van der Waals surface area contributed by atoms with Crippen LogP contribution in [0.25, 0.3) is 5.95 Å². The van der Waals surface area contributed by atoms with E-state index < -0.39 is 0 Å². The number of anilines is 2. The highest BCUT2D eigenvalue weighted by Crippen LogP contribution is 2.08. The second-order valence-electron chi connectivity index (χ2n) is 3.59. The van der Waals surface area contributed by atoms with E-state index >= 15 is 0 Å². The minimum Gasteiger partial charge on any atom is -0.467 e. The Bertz CT molecular complexity index is 648. The van der Waals surface area contributed by atoms with Gasteiger partial charge in [0.25, 0.3) is 5.95 Å². The highest BCUT2D eigenvalue weighted by molar-refractivity contribution is 5.34. The van der Waals surface area contributed by atoms with Crippen molar-refractivity contribution in [1.82, 2.24) is 29.7 Å². The van der Waals surface area contributed by atoms with Crippen LogP contribution in [-0.2, 0) is 6.54 Å². The predicted molar refractivity (Wildman–Crippen MR) is 65.2 cm³/mol. The number of aromatic nitrogens is 6. The van der Waals surface area contributed by atoms with Crippen LogP contribution >= 0.6 is 0 Å². The first-order valence-corrected chi connectivity index (χ1v) is 5.44. The van der Waals surface area contributed by atoms with Crippen molar-refractivity contribution in [1.29, 1.82) is 0 Å². The van der Waals surface area contributed by atoms with Crippen molar-refractivity contribution < 1.29 is 4.42 Å². The molecule has 0 aliphatic rings. The molecule has 0 atom stereocenters. The Morgan fingerprint density at radius 3 is 3.00 bits per heavy atom. The van der Waals surface area contributed by atoms with Crippen molar-refractivity contribution in [2.24, 2.45) is 0 Å². The van der Waals surface area contributed by atoms with Crippen LogP contribution in [0, 0.1) is 0 Å². The summed E-state index contributed by atoms with van der Waals surface area (Å²) in [6, 6.07) is 3.65. The fourth-order valence-electron chi connectivity index (χ4n) is 1.45. The predicted octanol–water partition coefficient (Wildman–Crippen LogP) is 0.240. The monoisotopic (exact) mass is 258 g/mol. The van der Waals surface area contributed by atoms with Crippen molar-refractivity contribution >= 4 is 11.9 Å². The average Bonchev–Trinajstić information content (AvgIpc) is 3.09. The summed E-state index contributed by atoms with van der Waals surface area (Å²) >= 11 is 0. The van der Waals surface area contributed by atoms with E-state index in [4.69, 9.17) is 10.2 Å². The van der Waals surface area contributed by atoms with E-state index in [2.05, 4.69) is 30.4 Å². The van der Waals surface area contributed by atoms with Gasteiger partial charge in [0.15, 0.2) is 0 Å². The molecule has 3 N–H and O–H groups in total. The average molecular weight is 258 g/mol. The molecule has 0 unspecified atom stereocenters. The molecule has 0 radical (unpaired) electrons. The molecule has 0 aromatic carbocycles. The van der Waals surface area contributed by atoms with Gasteiger partial charge in [-0.05, 0) is 12.1 Å². The van der Waals surface area contributed by atoms with Gasteiger partial charge < -0.3 is 15.5 Å². The van der Waals surface area contributed by atoms with Crippen molar-refractivity contribution in [2.75, 3.05) is 11.1 Å². The van der Waals surface area contributed by atoms with Crippen LogP contribution in [0.5, 0.6) is 0 Å². The number of nitrogens with zero attached hydrogens (tertiary/aromatic N) is 6. The molecule has 96 valence electrons. The molecule has 3 rings (SSSR count). The van der Waals surface area contributed by atoms with Gasteiger partial charge in [0.1, 0.15) is 18.4 Å². The van der Waals surface area contributed by atoms with E-state index in [9.17, 15) is 0 Å². The number of rotatable bonds is 4. The van der Waals surface area contributed by atoms with Gasteiger partial charge in [0.2, 0.25) is 11.9 Å². The second kappa shape index (κ2) is 4.72. The number of nitrogens with two attached hydrogens (primary N) is 1. The Hall–Kier alpha value is -2.97. The minimum absolute atomic E-state index is 0.0995. The van der Waals surface area contributed by atoms with Crippen LogP contribution in [0.4, 0.5) is 11.9 Å². The fourth-order valence-corrected chi connectivity index (χ4v) is 1.45. The standard InChI is InChI=1S/C10H10N8O/c11-8-15-9(13-4-7-2-1-3-19-7)17-10(16-8)18-6-12-5-14-18/h1-3,5-6H,4H2,(H3,11,13,15,16,17). The number of hydrogen-bond donors (Lipinski definition) is 2. The number of furan rings is 1. The van der Waals surface area contributed by atoms with Crippen LogP contribution in [-0.4, -0.2) is 29.7 Å². The molecule has 19 heavy (non-hydrogen) atoms. The number of nitrogen functional groups attached to an aromatic ring is 1. The Kier molecular flexibility index (Phi) is 2.77. The molecule has 0 spiro atoms. The van der Waals surface area contributed by atoms with E-state index in [1.165, 1.54) is 17.3 Å². The van der Waals surface area contributed by atoms with Crippen LogP contribution in [0.3, 0.4) is 0 Å². The largest absolute Gasteiger partial charge is 0.467 e. The maximum atomic E-state index is 5.63. The first-order chi connectivity index (χ1) is 9.31. The third-order valence-electron chi connectivity index (χ3n) is 2.27. The van der Waals surface area contributed by atoms with Gasteiger partial charge in [0, 0.05) is 0 Å². The highest BCUT2D eigenvalue weighted by Gasteiger charge is 2.07. The van der Waals surface area contributed by atoms with Crippen LogP contribution in [0.15, 0.2) is 35.5 Å². The van der Waals surface area contributed by atoms with Gasteiger partial charge in [-0.3, -0.25) is 0 Å². The Balaban J connectivity index is 1.82. The van der Waals surface area contributed by atoms with Crippen molar-refractivity contribution in [3.8, 4) is 5.95 Å². The van der Waals surface area contributed by atoms with E-state index in [0.29, 0.717) is 18.4 Å². The summed E-state index contributed by atoms with van der Waals surface area (Å²) in [5.41, 5.74) is 5.63. The third kappa shape index (κ3) is 2.49. The summed E-state index contributed by atoms with van der Waals surface area (Å²) in [7, 11) is 0. The zero-order chi connectivity index (χ0) is 13.1. The smallest absolute Gasteiger partial charge is 0.258 e. The number of hydrogen-bond acceptors (Lipinski definition) is 8. The van der Waals surface area contributed by atoms with Crippen LogP contribution in [0.1, 0.15) is 5.76 Å². The van der Waals surface area contributed by atoms with Crippen molar-refractivity contribution in [3.05, 3.63) is 36.8 Å². The zero-order valence-corrected chi connectivity index (χ0v) is 9.76. The third-order valence-corrected chi connectivity index (χ3v) is 2.27. The van der Waals surface area contributed by atoms with Gasteiger partial charge in [-0.15, -0.1) is 0 Å². The SMILES string of the molecule is Nc1nc(NCc2ccco2)nc(-n2cncn2)n1. The quantitative estimate of drug-likeness (QED) is 0.682. The van der Waals surface area contributed by atoms with Crippen molar-refractivity contribution in [3.63, 3.8) is 0 Å². The molecular weight excluding hydrogens is 248 g/mol. The molecule has 0 aliphatic carbocycles. The molecule has 0 fully saturated rings. The van der Waals surface area contributed by atoms with Gasteiger partial charge in [0.05, 0.1) is 12.8 Å². The van der Waals surface area contributed by atoms with E-state index in [1.807, 2.05) is 6.07 Å². The molecule has 0 saturated carbocycles. The lowest BCUT2D eigenvalue weighted by Crippen LogP contribution is -2.11. The Morgan fingerprint density at radius 1 is 1.32 bits per heavy atom. The molecule has 9 nitrogen and oxygen atoms in total. The molecule has 0 saturated heterocycles. The summed E-state index contributed by atoms with van der Waals surface area (Å²) < 4.78 is 6.59. The highest BCUT2D eigenvalue weighted by atomic mass is 16.3. The molecule has 0 aliphatic heterocycles. The molecule has 9 heteroatoms. The van der Waals surface area contributed by atoms with Gasteiger partial charge in [-0.1, -0.05) is 0 Å². The summed E-state index contributed by atoms with van der Waals surface area (Å²) in [5.74, 6) is 1.50. The fraction of sp³-hybridized carbons (Fsp3) is 0.100. The van der Waals surface area contributed by atoms with Crippen LogP contribution < -0.4 is 11.1 Å². The Morgan fingerprint density at radius 2 is 2.26 bits per heavy atom. The molecule has 3 aromatic heterocycles. The molecular formula is C10H10N8O. The second-order valence-corrected chi connectivity index (χ2v) is 3.59. The van der Waals surface area contributed by atoms with E-state index in [0.717, 1.165) is 5.76 Å². The lowest BCUT2D eigenvalue weighted by molar-refractivity contribution is 0.517. The summed E-state index contributed by atoms with van der Waals surface area (Å²) in [4.78, 5) is 16.0. The van der Waals surface area contributed by atoms with E-state index in [-0.39, 0.29) is 5.95 Å². The van der Waals surface area contributed by atoms with E-state index in [1.54, 1.807) is 12.3 Å². The minimum atomic E-state index is 0.0995. The maximum Gasteiger partial charge on any atom is 0.258 e. The maximum absolute atomic E-state index is 5.63. The Labute approximate surface area is 107 Å². The molecule has 3 aromatic rings. The van der Waals surface area contributed by atoms with Gasteiger partial charge >= 0.3 is 0 Å². The van der Waals surface area contributed by atoms with Crippen molar-refractivity contribution in [2.45, 2.75) is 6.54 Å². The van der Waals surface area contributed by atoms with Gasteiger partial charge in [-0.2, -0.15) is 24.7 Å². The summed E-state index contributed by atoms with van der Waals surface area (Å²) in [6.45, 7) is 0.452.